The number of aromatic nitrogens is 1. The summed E-state index contributed by atoms with van der Waals surface area (Å²) in [6.07, 6.45) is 1.34. The molecule has 1 aromatic carbocycles. The van der Waals surface area contributed by atoms with Gasteiger partial charge in [-0.25, -0.2) is 13.4 Å². The average molecular weight is 376 g/mol. The van der Waals surface area contributed by atoms with E-state index in [0.29, 0.717) is 18.9 Å². The van der Waals surface area contributed by atoms with Crippen LogP contribution in [0.2, 0.25) is 0 Å². The number of nitrogens with zero attached hydrogens (tertiary/aromatic N) is 3. The van der Waals surface area contributed by atoms with E-state index >= 15 is 0 Å². The Kier molecular flexibility index (Phi) is 6.70. The predicted octanol–water partition coefficient (Wildman–Crippen LogP) is 2.96. The Morgan fingerprint density at radius 2 is 1.81 bits per heavy atom. The monoisotopic (exact) mass is 376 g/mol. The lowest BCUT2D eigenvalue weighted by Crippen LogP contribution is -2.30. The minimum absolute atomic E-state index is 0.169. The maximum absolute atomic E-state index is 12.4. The summed E-state index contributed by atoms with van der Waals surface area (Å²) < 4.78 is 31.4. The maximum Gasteiger partial charge on any atom is 0.244 e. The molecule has 0 bridgehead atoms. The summed E-state index contributed by atoms with van der Waals surface area (Å²) in [5.41, 5.74) is 4.56. The van der Waals surface area contributed by atoms with E-state index in [0.717, 1.165) is 17.0 Å². The van der Waals surface area contributed by atoms with E-state index in [4.69, 9.17) is 4.74 Å². The van der Waals surface area contributed by atoms with E-state index in [2.05, 4.69) is 15.5 Å². The molecule has 1 N–H and O–H groups in total. The zero-order valence-corrected chi connectivity index (χ0v) is 16.2. The molecule has 0 aliphatic carbocycles. The molecule has 0 saturated heterocycles. The van der Waals surface area contributed by atoms with Crippen LogP contribution in [-0.2, 0) is 10.0 Å². The van der Waals surface area contributed by atoms with Crippen LogP contribution in [0.1, 0.15) is 26.3 Å². The van der Waals surface area contributed by atoms with Crippen molar-refractivity contribution in [2.45, 2.75) is 25.7 Å². The highest BCUT2D eigenvalue weighted by atomic mass is 32.2. The summed E-state index contributed by atoms with van der Waals surface area (Å²) in [5.74, 6) is 1.25. The minimum atomic E-state index is -3.50. The van der Waals surface area contributed by atoms with Gasteiger partial charge in [-0.1, -0.05) is 13.8 Å². The topological polar surface area (TPSA) is 83.9 Å². The second kappa shape index (κ2) is 8.77. The lowest BCUT2D eigenvalue weighted by Gasteiger charge is -2.18. The first-order valence-corrected chi connectivity index (χ1v) is 9.77. The predicted molar refractivity (Wildman–Crippen MR) is 103 cm³/mol. The molecule has 0 fully saturated rings. The Labute approximate surface area is 154 Å². The van der Waals surface area contributed by atoms with Crippen LogP contribution in [0.3, 0.4) is 0 Å². The van der Waals surface area contributed by atoms with Crippen LogP contribution in [0.15, 0.2) is 52.6 Å². The zero-order valence-electron chi connectivity index (χ0n) is 15.4. The fourth-order valence-electron chi connectivity index (χ4n) is 2.35. The summed E-state index contributed by atoms with van der Waals surface area (Å²) >= 11 is 0. The molecule has 0 radical (unpaired) electrons. The molecule has 8 heteroatoms. The van der Waals surface area contributed by atoms with Gasteiger partial charge in [-0.2, -0.15) is 9.41 Å². The molecule has 1 aromatic heterocycles. The fourth-order valence-corrected chi connectivity index (χ4v) is 3.75. The molecule has 0 aliphatic rings. The van der Waals surface area contributed by atoms with Crippen LogP contribution in [-0.4, -0.2) is 43.6 Å². The molecule has 140 valence electrons. The highest BCUT2D eigenvalue weighted by Crippen LogP contribution is 2.16. The largest absolute Gasteiger partial charge is 0.497 e. The number of hydrazone groups is 1. The molecule has 7 nitrogen and oxygen atoms in total. The molecule has 0 atom stereocenters. The Hall–Kier alpha value is -2.45. The number of ether oxygens (including phenoxy) is 1. The standard InChI is InChI=1S/C18H24N4O3S/c1-5-22(6-2)26(23,24)17-11-12-18(19-13-17)21-20-14(3)15-7-9-16(25-4)10-8-15/h7-13H,5-6H2,1-4H3,(H,19,21)/b20-14+. The van der Waals surface area contributed by atoms with Crippen LogP contribution in [0, 0.1) is 0 Å². The van der Waals surface area contributed by atoms with Crippen LogP contribution < -0.4 is 10.2 Å². The van der Waals surface area contributed by atoms with E-state index in [1.807, 2.05) is 31.2 Å². The Morgan fingerprint density at radius 1 is 1.15 bits per heavy atom. The number of anilines is 1. The Balaban J connectivity index is 2.11. The number of nitrogens with one attached hydrogen (secondary N) is 1. The highest BCUT2D eigenvalue weighted by Gasteiger charge is 2.21. The number of methoxy groups -OCH3 is 1. The van der Waals surface area contributed by atoms with Crippen LogP contribution >= 0.6 is 0 Å². The zero-order chi connectivity index (χ0) is 19.2. The lowest BCUT2D eigenvalue weighted by molar-refractivity contribution is 0.415. The molecule has 0 spiro atoms. The van der Waals surface area contributed by atoms with Gasteiger partial charge in [0, 0.05) is 19.3 Å². The first kappa shape index (κ1) is 19.9. The van der Waals surface area contributed by atoms with Crippen molar-refractivity contribution in [2.24, 2.45) is 5.10 Å². The van der Waals surface area contributed by atoms with Crippen LogP contribution in [0.5, 0.6) is 5.75 Å². The molecule has 0 amide bonds. The van der Waals surface area contributed by atoms with Crippen LogP contribution in [0.25, 0.3) is 0 Å². The third kappa shape index (κ3) is 4.59. The molecule has 26 heavy (non-hydrogen) atoms. The highest BCUT2D eigenvalue weighted by molar-refractivity contribution is 7.89. The van der Waals surface area contributed by atoms with Crippen molar-refractivity contribution in [2.75, 3.05) is 25.6 Å². The molecule has 0 unspecified atom stereocenters. The van der Waals surface area contributed by atoms with Crippen molar-refractivity contribution in [3.05, 3.63) is 48.2 Å². The lowest BCUT2D eigenvalue weighted by atomic mass is 10.1. The van der Waals surface area contributed by atoms with Crippen LogP contribution in [0.4, 0.5) is 5.82 Å². The van der Waals surface area contributed by atoms with Gasteiger partial charge in [0.25, 0.3) is 0 Å². The quantitative estimate of drug-likeness (QED) is 0.566. The Bertz CT molecular complexity index is 843. The molecule has 0 aliphatic heterocycles. The molecule has 2 rings (SSSR count). The van der Waals surface area contributed by atoms with Crippen molar-refractivity contribution in [3.8, 4) is 5.75 Å². The van der Waals surface area contributed by atoms with Crippen molar-refractivity contribution in [1.82, 2.24) is 9.29 Å². The van der Waals surface area contributed by atoms with Crippen molar-refractivity contribution in [3.63, 3.8) is 0 Å². The number of pyridine rings is 1. The molecule has 1 heterocycles. The van der Waals surface area contributed by atoms with Gasteiger partial charge in [-0.3, -0.25) is 5.43 Å². The molecular formula is C18H24N4O3S. The number of rotatable bonds is 8. The van der Waals surface area contributed by atoms with Gasteiger partial charge in [0.15, 0.2) is 0 Å². The van der Waals surface area contributed by atoms with Gasteiger partial charge in [-0.05, 0) is 48.9 Å². The number of sulfonamides is 1. The molecule has 2 aromatic rings. The van der Waals surface area contributed by atoms with E-state index in [1.165, 1.54) is 16.6 Å². The smallest absolute Gasteiger partial charge is 0.244 e. The van der Waals surface area contributed by atoms with Gasteiger partial charge < -0.3 is 4.74 Å². The second-order valence-corrected chi connectivity index (χ2v) is 7.44. The third-order valence-corrected chi connectivity index (χ3v) is 5.96. The van der Waals surface area contributed by atoms with Gasteiger partial charge in [0.1, 0.15) is 16.5 Å². The van der Waals surface area contributed by atoms with Crippen molar-refractivity contribution in [1.29, 1.82) is 0 Å². The summed E-state index contributed by atoms with van der Waals surface area (Å²) in [4.78, 5) is 4.31. The van der Waals surface area contributed by atoms with E-state index in [1.54, 1.807) is 27.0 Å². The SMILES string of the molecule is CCN(CC)S(=O)(=O)c1ccc(N/N=C(\C)c2ccc(OC)cc2)nc1. The number of hydrogen-bond donors (Lipinski definition) is 1. The normalized spacial score (nSPS) is 12.3. The maximum atomic E-state index is 12.4. The van der Waals surface area contributed by atoms with Gasteiger partial charge >= 0.3 is 0 Å². The van der Waals surface area contributed by atoms with E-state index in [-0.39, 0.29) is 4.90 Å². The summed E-state index contributed by atoms with van der Waals surface area (Å²) in [5, 5.41) is 4.28. The number of benzene rings is 1. The summed E-state index contributed by atoms with van der Waals surface area (Å²) in [6.45, 7) is 6.32. The summed E-state index contributed by atoms with van der Waals surface area (Å²) in [7, 11) is -1.89. The van der Waals surface area contributed by atoms with Crippen molar-refractivity contribution >= 4 is 21.6 Å². The van der Waals surface area contributed by atoms with Gasteiger partial charge in [-0.15, -0.1) is 0 Å². The van der Waals surface area contributed by atoms with Gasteiger partial charge in [0.05, 0.1) is 12.8 Å². The first-order chi connectivity index (χ1) is 12.4. The Morgan fingerprint density at radius 3 is 2.31 bits per heavy atom. The van der Waals surface area contributed by atoms with Gasteiger partial charge in [0.2, 0.25) is 10.0 Å². The van der Waals surface area contributed by atoms with E-state index < -0.39 is 10.0 Å². The number of hydrogen-bond acceptors (Lipinski definition) is 6. The van der Waals surface area contributed by atoms with Crippen molar-refractivity contribution < 1.29 is 13.2 Å². The van der Waals surface area contributed by atoms with E-state index in [9.17, 15) is 8.42 Å². The summed E-state index contributed by atoms with van der Waals surface area (Å²) in [6, 6.07) is 10.7. The molecular weight excluding hydrogens is 352 g/mol. The fraction of sp³-hybridized carbons (Fsp3) is 0.333. The molecule has 0 saturated carbocycles. The first-order valence-electron chi connectivity index (χ1n) is 8.33. The average Bonchev–Trinajstić information content (AvgIpc) is 2.67. The second-order valence-electron chi connectivity index (χ2n) is 5.51. The minimum Gasteiger partial charge on any atom is -0.497 e. The third-order valence-electron chi connectivity index (χ3n) is 3.93.